The number of rotatable bonds is 7. The first-order valence-corrected chi connectivity index (χ1v) is 10.4. The molecule has 1 aliphatic carbocycles. The van der Waals surface area contributed by atoms with Crippen LogP contribution in [0.15, 0.2) is 0 Å². The molecule has 2 aliphatic rings. The van der Waals surface area contributed by atoms with E-state index in [-0.39, 0.29) is 0 Å². The van der Waals surface area contributed by atoms with Crippen molar-refractivity contribution >= 4 is 10.0 Å². The van der Waals surface area contributed by atoms with Crippen LogP contribution in [0, 0.1) is 17.8 Å². The molecule has 1 saturated carbocycles. The van der Waals surface area contributed by atoms with Crippen LogP contribution in [0.25, 0.3) is 0 Å². The van der Waals surface area contributed by atoms with Crippen LogP contribution >= 0.6 is 0 Å². The lowest BCUT2D eigenvalue weighted by Gasteiger charge is -2.26. The molecule has 1 aliphatic heterocycles. The number of nitrogens with one attached hydrogen (secondary N) is 2. The highest BCUT2D eigenvalue weighted by Crippen LogP contribution is 2.30. The molecule has 0 aromatic rings. The van der Waals surface area contributed by atoms with E-state index in [2.05, 4.69) is 17.0 Å². The summed E-state index contributed by atoms with van der Waals surface area (Å²) in [5.74, 6) is 2.48. The molecule has 1 heterocycles. The van der Waals surface area contributed by atoms with Gasteiger partial charge in [-0.25, -0.2) is 13.1 Å². The maximum absolute atomic E-state index is 12.0. The molecule has 5 heteroatoms. The highest BCUT2D eigenvalue weighted by atomic mass is 32.2. The Labute approximate surface area is 130 Å². The second kappa shape index (κ2) is 8.49. The Kier molecular flexibility index (Phi) is 6.96. The molecule has 21 heavy (non-hydrogen) atoms. The Hall–Kier alpha value is -0.130. The molecule has 0 radical (unpaired) electrons. The summed E-state index contributed by atoms with van der Waals surface area (Å²) in [6.45, 7) is 5.03. The fourth-order valence-corrected chi connectivity index (χ4v) is 4.82. The van der Waals surface area contributed by atoms with Crippen LogP contribution < -0.4 is 10.0 Å². The summed E-state index contributed by atoms with van der Waals surface area (Å²) in [6, 6.07) is 0. The van der Waals surface area contributed by atoms with Gasteiger partial charge < -0.3 is 5.32 Å². The van der Waals surface area contributed by atoms with E-state index in [9.17, 15) is 8.42 Å². The summed E-state index contributed by atoms with van der Waals surface area (Å²) in [6.07, 6.45) is 9.25. The van der Waals surface area contributed by atoms with Gasteiger partial charge in [0.15, 0.2) is 0 Å². The lowest BCUT2D eigenvalue weighted by Crippen LogP contribution is -2.32. The van der Waals surface area contributed by atoms with Crippen molar-refractivity contribution in [1.82, 2.24) is 10.0 Å². The normalized spacial score (nSPS) is 28.6. The summed E-state index contributed by atoms with van der Waals surface area (Å²) in [4.78, 5) is 0. The second-order valence-corrected chi connectivity index (χ2v) is 9.04. The summed E-state index contributed by atoms with van der Waals surface area (Å²) in [5, 5.41) is 3.32. The van der Waals surface area contributed by atoms with E-state index in [1.54, 1.807) is 0 Å². The maximum atomic E-state index is 12.0. The Morgan fingerprint density at radius 1 is 0.952 bits per heavy atom. The van der Waals surface area contributed by atoms with Gasteiger partial charge in [0.2, 0.25) is 10.0 Å². The molecule has 0 aromatic carbocycles. The van der Waals surface area contributed by atoms with Gasteiger partial charge in [-0.05, 0) is 56.5 Å². The molecule has 124 valence electrons. The van der Waals surface area contributed by atoms with E-state index in [1.807, 2.05) is 0 Å². The van der Waals surface area contributed by atoms with Gasteiger partial charge in [0, 0.05) is 6.54 Å². The minimum absolute atomic E-state index is 0.305. The first-order chi connectivity index (χ1) is 10.1. The third kappa shape index (κ3) is 6.66. The van der Waals surface area contributed by atoms with Crippen molar-refractivity contribution in [3.63, 3.8) is 0 Å². The predicted octanol–water partition coefficient (Wildman–Crippen LogP) is 2.51. The molecule has 0 spiro atoms. The van der Waals surface area contributed by atoms with Crippen molar-refractivity contribution in [3.8, 4) is 0 Å². The highest BCUT2D eigenvalue weighted by Gasteiger charge is 2.20. The van der Waals surface area contributed by atoms with E-state index in [4.69, 9.17) is 0 Å². The van der Waals surface area contributed by atoms with E-state index >= 15 is 0 Å². The molecule has 0 amide bonds. The Balaban J connectivity index is 1.59. The number of hydrogen-bond acceptors (Lipinski definition) is 3. The summed E-state index contributed by atoms with van der Waals surface area (Å²) < 4.78 is 26.9. The number of hydrogen-bond donors (Lipinski definition) is 2. The third-order valence-corrected chi connectivity index (χ3v) is 6.68. The van der Waals surface area contributed by atoms with Gasteiger partial charge in [-0.1, -0.05) is 32.6 Å². The van der Waals surface area contributed by atoms with Crippen LogP contribution in [0.1, 0.15) is 58.3 Å². The van der Waals surface area contributed by atoms with Crippen LogP contribution in [0.2, 0.25) is 0 Å². The van der Waals surface area contributed by atoms with Gasteiger partial charge in [0.25, 0.3) is 0 Å². The van der Waals surface area contributed by atoms with Gasteiger partial charge in [-0.2, -0.15) is 0 Å². The summed E-state index contributed by atoms with van der Waals surface area (Å²) in [7, 11) is -3.06. The average Bonchev–Trinajstić information content (AvgIpc) is 2.48. The average molecular weight is 317 g/mol. The molecule has 1 saturated heterocycles. The molecule has 2 fully saturated rings. The van der Waals surface area contributed by atoms with Crippen molar-refractivity contribution in [2.24, 2.45) is 17.8 Å². The third-order valence-electron chi connectivity index (χ3n) is 5.26. The highest BCUT2D eigenvalue weighted by molar-refractivity contribution is 7.89. The number of piperidine rings is 1. The zero-order chi connectivity index (χ0) is 15.1. The van der Waals surface area contributed by atoms with E-state index < -0.39 is 10.0 Å². The lowest BCUT2D eigenvalue weighted by molar-refractivity contribution is 0.278. The quantitative estimate of drug-likeness (QED) is 0.759. The SMILES string of the molecule is CC1CCC(CCNS(=O)(=O)CCC2CCNCC2)CC1. The largest absolute Gasteiger partial charge is 0.317 e. The second-order valence-electron chi connectivity index (χ2n) is 7.11. The molecular formula is C16H32N2O2S. The van der Waals surface area contributed by atoms with E-state index in [1.165, 1.54) is 25.7 Å². The van der Waals surface area contributed by atoms with Crippen molar-refractivity contribution in [2.75, 3.05) is 25.4 Å². The van der Waals surface area contributed by atoms with Crippen LogP contribution in [0.5, 0.6) is 0 Å². The molecule has 0 aromatic heterocycles. The minimum atomic E-state index is -3.06. The Morgan fingerprint density at radius 2 is 1.57 bits per heavy atom. The van der Waals surface area contributed by atoms with Crippen LogP contribution in [0.3, 0.4) is 0 Å². The smallest absolute Gasteiger partial charge is 0.211 e. The first kappa shape index (κ1) is 17.2. The number of sulfonamides is 1. The Morgan fingerprint density at radius 3 is 2.24 bits per heavy atom. The molecule has 2 N–H and O–H groups in total. The van der Waals surface area contributed by atoms with Gasteiger partial charge in [0.1, 0.15) is 0 Å². The molecule has 0 atom stereocenters. The van der Waals surface area contributed by atoms with Crippen LogP contribution in [0.4, 0.5) is 0 Å². The minimum Gasteiger partial charge on any atom is -0.317 e. The fourth-order valence-electron chi connectivity index (χ4n) is 3.60. The molecule has 0 bridgehead atoms. The van der Waals surface area contributed by atoms with Gasteiger partial charge in [-0.15, -0.1) is 0 Å². The molecular weight excluding hydrogens is 284 g/mol. The summed E-state index contributed by atoms with van der Waals surface area (Å²) >= 11 is 0. The molecule has 4 nitrogen and oxygen atoms in total. The monoisotopic (exact) mass is 316 g/mol. The van der Waals surface area contributed by atoms with Gasteiger partial charge >= 0.3 is 0 Å². The molecule has 0 unspecified atom stereocenters. The zero-order valence-corrected chi connectivity index (χ0v) is 14.3. The van der Waals surface area contributed by atoms with Crippen molar-refractivity contribution in [2.45, 2.75) is 58.3 Å². The topological polar surface area (TPSA) is 58.2 Å². The van der Waals surface area contributed by atoms with Crippen LogP contribution in [-0.2, 0) is 10.0 Å². The lowest BCUT2D eigenvalue weighted by atomic mass is 9.81. The fraction of sp³-hybridized carbons (Fsp3) is 1.00. The standard InChI is InChI=1S/C16H32N2O2S/c1-14-2-4-15(5-3-14)8-12-18-21(19,20)13-9-16-6-10-17-11-7-16/h14-18H,2-13H2,1H3. The van der Waals surface area contributed by atoms with Gasteiger partial charge in [0.05, 0.1) is 5.75 Å². The van der Waals surface area contributed by atoms with Gasteiger partial charge in [-0.3, -0.25) is 0 Å². The zero-order valence-electron chi connectivity index (χ0n) is 13.4. The predicted molar refractivity (Wildman–Crippen MR) is 87.7 cm³/mol. The molecule has 2 rings (SSSR count). The van der Waals surface area contributed by atoms with E-state index in [0.717, 1.165) is 50.6 Å². The maximum Gasteiger partial charge on any atom is 0.211 e. The summed E-state index contributed by atoms with van der Waals surface area (Å²) in [5.41, 5.74) is 0. The van der Waals surface area contributed by atoms with E-state index in [0.29, 0.717) is 18.2 Å². The van der Waals surface area contributed by atoms with Crippen molar-refractivity contribution in [3.05, 3.63) is 0 Å². The first-order valence-electron chi connectivity index (χ1n) is 8.73. The van der Waals surface area contributed by atoms with Crippen LogP contribution in [-0.4, -0.2) is 33.8 Å². The van der Waals surface area contributed by atoms with Crippen molar-refractivity contribution < 1.29 is 8.42 Å². The Bertz CT molecular complexity index is 383. The van der Waals surface area contributed by atoms with Crippen molar-refractivity contribution in [1.29, 1.82) is 0 Å².